The first-order valence-electron chi connectivity index (χ1n) is 10.4. The third-order valence-electron chi connectivity index (χ3n) is 6.03. The molecule has 2 unspecified atom stereocenters. The van der Waals surface area contributed by atoms with Crippen LogP contribution in [0.5, 0.6) is 5.75 Å². The molecule has 3 aromatic rings. The summed E-state index contributed by atoms with van der Waals surface area (Å²) < 4.78 is 73.6. The fraction of sp³-hybridized carbons (Fsp3) is 0.333. The van der Waals surface area contributed by atoms with Gasteiger partial charge in [-0.05, 0) is 35.6 Å². The highest BCUT2D eigenvalue weighted by molar-refractivity contribution is 5.97. The summed E-state index contributed by atoms with van der Waals surface area (Å²) in [4.78, 5) is 16.9. The van der Waals surface area contributed by atoms with Gasteiger partial charge in [-0.15, -0.1) is 0 Å². The number of carbonyl (C=O) groups excluding carboxylic acids is 1. The molecule has 0 bridgehead atoms. The molecule has 1 heterocycles. The zero-order valence-electron chi connectivity index (χ0n) is 18.5. The van der Waals surface area contributed by atoms with Crippen LogP contribution in [0.4, 0.5) is 27.6 Å². The molecule has 0 aliphatic rings. The highest BCUT2D eigenvalue weighted by atomic mass is 19.4. The van der Waals surface area contributed by atoms with Crippen molar-refractivity contribution < 1.29 is 36.6 Å². The van der Waals surface area contributed by atoms with E-state index < -0.39 is 53.3 Å². The number of amides is 1. The Morgan fingerprint density at radius 1 is 1.09 bits per heavy atom. The number of nitrogens with one attached hydrogen (secondary N) is 1. The van der Waals surface area contributed by atoms with Gasteiger partial charge in [0.25, 0.3) is 5.91 Å². The maximum atomic E-state index is 14.4. The number of anilines is 1. The Kier molecular flexibility index (Phi) is 7.40. The third kappa shape index (κ3) is 5.11. The van der Waals surface area contributed by atoms with Gasteiger partial charge < -0.3 is 15.2 Å². The minimum Gasteiger partial charge on any atom is -0.493 e. The first kappa shape index (κ1) is 25.4. The number of ether oxygens (including phenoxy) is 1. The number of alkyl halides is 3. The molecule has 0 radical (unpaired) electrons. The molecular weight excluding hydrogens is 459 g/mol. The van der Waals surface area contributed by atoms with E-state index in [9.17, 15) is 31.9 Å². The Morgan fingerprint density at radius 3 is 2.44 bits per heavy atom. The Balaban J connectivity index is 2.01. The summed E-state index contributed by atoms with van der Waals surface area (Å²) in [6, 6.07) is 8.26. The van der Waals surface area contributed by atoms with Crippen LogP contribution in [0.1, 0.15) is 25.3 Å². The fourth-order valence-electron chi connectivity index (χ4n) is 3.91. The summed E-state index contributed by atoms with van der Waals surface area (Å²) in [5.41, 5.74) is 0.0347. The van der Waals surface area contributed by atoms with E-state index in [1.54, 1.807) is 36.7 Å². The van der Waals surface area contributed by atoms with Crippen LogP contribution < -0.4 is 10.1 Å². The van der Waals surface area contributed by atoms with Crippen molar-refractivity contribution in [3.8, 4) is 5.75 Å². The minimum atomic E-state index is -4.66. The van der Waals surface area contributed by atoms with E-state index in [2.05, 4.69) is 10.3 Å². The van der Waals surface area contributed by atoms with E-state index in [4.69, 9.17) is 4.74 Å². The minimum absolute atomic E-state index is 0.253. The Morgan fingerprint density at radius 2 is 1.79 bits per heavy atom. The van der Waals surface area contributed by atoms with E-state index in [-0.39, 0.29) is 11.3 Å². The number of aliphatic hydroxyl groups excluding tert-OH is 1. The third-order valence-corrected chi connectivity index (χ3v) is 6.03. The Hall–Kier alpha value is -3.27. The largest absolute Gasteiger partial charge is 0.493 e. The molecule has 0 saturated carbocycles. The molecule has 0 aliphatic carbocycles. The molecule has 4 atom stereocenters. The second-order valence-electron chi connectivity index (χ2n) is 8.07. The van der Waals surface area contributed by atoms with Crippen LogP contribution >= 0.6 is 0 Å². The van der Waals surface area contributed by atoms with Crippen LogP contribution in [0.25, 0.3) is 10.8 Å². The van der Waals surface area contributed by atoms with Crippen molar-refractivity contribution in [1.29, 1.82) is 0 Å². The maximum Gasteiger partial charge on any atom is 0.391 e. The lowest BCUT2D eigenvalue weighted by atomic mass is 9.75. The second-order valence-corrected chi connectivity index (χ2v) is 8.07. The van der Waals surface area contributed by atoms with Crippen LogP contribution in [-0.2, 0) is 4.79 Å². The van der Waals surface area contributed by atoms with Crippen molar-refractivity contribution >= 4 is 22.4 Å². The number of pyridine rings is 1. The molecule has 1 amide bonds. The number of rotatable bonds is 7. The van der Waals surface area contributed by atoms with Crippen LogP contribution in [0, 0.1) is 23.5 Å². The monoisotopic (exact) mass is 482 g/mol. The lowest BCUT2D eigenvalue weighted by Gasteiger charge is -2.34. The molecule has 1 aromatic heterocycles. The molecule has 0 saturated heterocycles. The van der Waals surface area contributed by atoms with Gasteiger partial charge in [0, 0.05) is 34.9 Å². The van der Waals surface area contributed by atoms with Gasteiger partial charge in [-0.25, -0.2) is 4.39 Å². The number of aromatic nitrogens is 1. The molecule has 34 heavy (non-hydrogen) atoms. The fourth-order valence-corrected chi connectivity index (χ4v) is 3.91. The number of fused-ring (bicyclic) bond motifs is 1. The van der Waals surface area contributed by atoms with Crippen LogP contribution in [0.3, 0.4) is 0 Å². The van der Waals surface area contributed by atoms with E-state index in [0.29, 0.717) is 6.07 Å². The molecule has 3 rings (SSSR count). The number of benzene rings is 2. The van der Waals surface area contributed by atoms with Crippen molar-refractivity contribution in [2.45, 2.75) is 32.0 Å². The zero-order valence-corrected chi connectivity index (χ0v) is 18.5. The second kappa shape index (κ2) is 9.92. The van der Waals surface area contributed by atoms with Crippen LogP contribution in [-0.4, -0.2) is 35.4 Å². The first-order chi connectivity index (χ1) is 16.0. The SMILES string of the molecule is COc1c(C(C(O)C(=O)Nc2ccc3cnccc3c2)[C@H](C)[C@@H](C)C(F)(F)F)ccc(F)c1F. The summed E-state index contributed by atoms with van der Waals surface area (Å²) in [5, 5.41) is 14.9. The standard InChI is InChI=1S/C24H23F5N2O3/c1-12(13(2)24(27,28)29)19(17-6-7-18(25)20(26)22(17)34-3)21(32)23(33)31-16-5-4-15-11-30-9-8-14(15)10-16/h4-13,19,21,32H,1-3H3,(H,31,33)/t12-,13-,19?,21?/m1/s1. The maximum absolute atomic E-state index is 14.4. The Bertz CT molecular complexity index is 1180. The van der Waals surface area contributed by atoms with E-state index in [0.717, 1.165) is 30.9 Å². The lowest BCUT2D eigenvalue weighted by molar-refractivity contribution is -0.186. The predicted octanol–water partition coefficient (Wildman–Crippen LogP) is 5.44. The van der Waals surface area contributed by atoms with E-state index in [1.165, 1.54) is 6.92 Å². The van der Waals surface area contributed by atoms with Gasteiger partial charge in [-0.2, -0.15) is 17.6 Å². The number of nitrogens with zero attached hydrogens (tertiary/aromatic N) is 1. The topological polar surface area (TPSA) is 71.5 Å². The molecule has 5 nitrogen and oxygen atoms in total. The van der Waals surface area contributed by atoms with Gasteiger partial charge in [-0.3, -0.25) is 9.78 Å². The Labute approximate surface area is 192 Å². The highest BCUT2D eigenvalue weighted by Gasteiger charge is 2.46. The van der Waals surface area contributed by atoms with E-state index >= 15 is 0 Å². The zero-order chi connectivity index (χ0) is 25.2. The van der Waals surface area contributed by atoms with Gasteiger partial charge in [-0.1, -0.05) is 26.0 Å². The quantitative estimate of drug-likeness (QED) is 0.440. The molecule has 0 spiro atoms. The summed E-state index contributed by atoms with van der Waals surface area (Å²) in [6.45, 7) is 2.08. The average molecular weight is 482 g/mol. The number of halogens is 5. The highest BCUT2D eigenvalue weighted by Crippen LogP contribution is 2.44. The van der Waals surface area contributed by atoms with Gasteiger partial charge >= 0.3 is 6.18 Å². The van der Waals surface area contributed by atoms with Gasteiger partial charge in [0.05, 0.1) is 13.0 Å². The van der Waals surface area contributed by atoms with Gasteiger partial charge in [0.1, 0.15) is 6.10 Å². The van der Waals surface area contributed by atoms with Gasteiger partial charge in [0.2, 0.25) is 5.82 Å². The van der Waals surface area contributed by atoms with Crippen molar-refractivity contribution in [3.05, 3.63) is 66.0 Å². The van der Waals surface area contributed by atoms with Crippen molar-refractivity contribution in [3.63, 3.8) is 0 Å². The number of aliphatic hydroxyl groups is 1. The van der Waals surface area contributed by atoms with Crippen LogP contribution in [0.15, 0.2) is 48.8 Å². The number of carbonyl (C=O) groups is 1. The van der Waals surface area contributed by atoms with Crippen molar-refractivity contribution in [1.82, 2.24) is 4.98 Å². The number of hydrogen-bond acceptors (Lipinski definition) is 4. The summed E-state index contributed by atoms with van der Waals surface area (Å²) >= 11 is 0. The molecule has 182 valence electrons. The number of methoxy groups -OCH3 is 1. The van der Waals surface area contributed by atoms with Crippen molar-refractivity contribution in [2.24, 2.45) is 11.8 Å². The molecular formula is C24H23F5N2O3. The van der Waals surface area contributed by atoms with Crippen LogP contribution in [0.2, 0.25) is 0 Å². The first-order valence-corrected chi connectivity index (χ1v) is 10.4. The predicted molar refractivity (Wildman–Crippen MR) is 116 cm³/mol. The number of hydrogen-bond donors (Lipinski definition) is 2. The molecule has 0 aliphatic heterocycles. The normalized spacial score (nSPS) is 15.4. The summed E-state index contributed by atoms with van der Waals surface area (Å²) in [7, 11) is 1.02. The molecule has 2 aromatic carbocycles. The summed E-state index contributed by atoms with van der Waals surface area (Å²) in [6.07, 6.45) is -3.53. The lowest BCUT2D eigenvalue weighted by Crippen LogP contribution is -2.40. The van der Waals surface area contributed by atoms with Crippen molar-refractivity contribution in [2.75, 3.05) is 12.4 Å². The van der Waals surface area contributed by atoms with Gasteiger partial charge in [0.15, 0.2) is 11.6 Å². The molecule has 10 heteroatoms. The molecule has 2 N–H and O–H groups in total. The van der Waals surface area contributed by atoms with E-state index in [1.807, 2.05) is 0 Å². The summed E-state index contributed by atoms with van der Waals surface area (Å²) in [5.74, 6) is -9.32. The average Bonchev–Trinajstić information content (AvgIpc) is 2.80. The molecule has 0 fully saturated rings. The smallest absolute Gasteiger partial charge is 0.391 e.